The molecule has 1 rings (SSSR count). The van der Waals surface area contributed by atoms with Crippen LogP contribution in [0.3, 0.4) is 0 Å². The maximum Gasteiger partial charge on any atom is 0.156 e. The monoisotopic (exact) mass is 182 g/mol. The van der Waals surface area contributed by atoms with E-state index < -0.39 is 0 Å². The van der Waals surface area contributed by atoms with Crippen molar-refractivity contribution in [3.8, 4) is 0 Å². The third-order valence-corrected chi connectivity index (χ3v) is 1.91. The van der Waals surface area contributed by atoms with Crippen molar-refractivity contribution >= 4 is 29.3 Å². The Morgan fingerprint density at radius 2 is 2.50 bits per heavy atom. The van der Waals surface area contributed by atoms with Crippen LogP contribution in [-0.2, 0) is 0 Å². The molecule has 0 aromatic rings. The van der Waals surface area contributed by atoms with E-state index >= 15 is 0 Å². The van der Waals surface area contributed by atoms with Crippen LogP contribution in [0.15, 0.2) is 4.99 Å². The van der Waals surface area contributed by atoms with Gasteiger partial charge in [-0.1, -0.05) is 11.8 Å². The van der Waals surface area contributed by atoms with Gasteiger partial charge in [0.25, 0.3) is 0 Å². The standard InChI is InChI=1S/C5H10N2OS.ClH/c8-3-4-9-5-6-1-2-7-5;/h8H,1-4H2,(H,6,7);1H. The third kappa shape index (κ3) is 3.29. The van der Waals surface area contributed by atoms with Crippen molar-refractivity contribution in [2.75, 3.05) is 25.4 Å². The fourth-order valence-electron chi connectivity index (χ4n) is 0.615. The number of aliphatic hydroxyl groups excluding tert-OH is 1. The Hall–Kier alpha value is 0.0700. The number of thioether (sulfide) groups is 1. The van der Waals surface area contributed by atoms with Crippen LogP contribution >= 0.6 is 24.2 Å². The topological polar surface area (TPSA) is 44.6 Å². The molecule has 0 aromatic carbocycles. The van der Waals surface area contributed by atoms with E-state index in [1.165, 1.54) is 0 Å². The van der Waals surface area contributed by atoms with Crippen LogP contribution in [0.25, 0.3) is 0 Å². The maximum atomic E-state index is 8.42. The fraction of sp³-hybridized carbons (Fsp3) is 0.800. The van der Waals surface area contributed by atoms with Gasteiger partial charge in [-0.15, -0.1) is 12.4 Å². The highest BCUT2D eigenvalue weighted by Gasteiger charge is 2.02. The van der Waals surface area contributed by atoms with E-state index in [0.29, 0.717) is 0 Å². The Morgan fingerprint density at radius 1 is 1.70 bits per heavy atom. The Morgan fingerprint density at radius 3 is 3.00 bits per heavy atom. The number of hydrogen-bond donors (Lipinski definition) is 2. The molecule has 0 saturated carbocycles. The van der Waals surface area contributed by atoms with E-state index in [0.717, 1.165) is 24.0 Å². The average Bonchev–Trinajstić information content (AvgIpc) is 2.34. The van der Waals surface area contributed by atoms with Crippen molar-refractivity contribution in [1.29, 1.82) is 0 Å². The molecule has 5 heteroatoms. The second-order valence-electron chi connectivity index (χ2n) is 1.69. The molecule has 3 nitrogen and oxygen atoms in total. The van der Waals surface area contributed by atoms with Crippen LogP contribution in [-0.4, -0.2) is 35.7 Å². The molecule has 1 aliphatic rings. The summed E-state index contributed by atoms with van der Waals surface area (Å²) in [6.45, 7) is 2.06. The van der Waals surface area contributed by atoms with Gasteiger partial charge in [0.2, 0.25) is 0 Å². The number of nitrogens with zero attached hydrogens (tertiary/aromatic N) is 1. The molecule has 60 valence electrons. The first-order valence-electron chi connectivity index (χ1n) is 2.95. The van der Waals surface area contributed by atoms with E-state index in [4.69, 9.17) is 5.11 Å². The normalized spacial score (nSPS) is 15.5. The van der Waals surface area contributed by atoms with Crippen LogP contribution < -0.4 is 5.32 Å². The molecule has 0 bridgehead atoms. The molecular formula is C5H11ClN2OS. The SMILES string of the molecule is Cl.OCCSC1=NCCN1. The number of halogens is 1. The van der Waals surface area contributed by atoms with E-state index in [1.54, 1.807) is 11.8 Å². The van der Waals surface area contributed by atoms with Crippen LogP contribution in [0.1, 0.15) is 0 Å². The maximum absolute atomic E-state index is 8.42. The van der Waals surface area contributed by atoms with Gasteiger partial charge in [-0.05, 0) is 0 Å². The Labute approximate surface area is 70.7 Å². The summed E-state index contributed by atoms with van der Waals surface area (Å²) in [5, 5.41) is 12.5. The van der Waals surface area contributed by atoms with Crippen molar-refractivity contribution in [2.24, 2.45) is 4.99 Å². The highest BCUT2D eigenvalue weighted by molar-refractivity contribution is 8.13. The first-order chi connectivity index (χ1) is 4.43. The van der Waals surface area contributed by atoms with Crippen molar-refractivity contribution in [3.63, 3.8) is 0 Å². The molecule has 0 radical (unpaired) electrons. The zero-order valence-electron chi connectivity index (χ0n) is 5.54. The van der Waals surface area contributed by atoms with E-state index in [9.17, 15) is 0 Å². The average molecular weight is 183 g/mol. The molecule has 0 aromatic heterocycles. The van der Waals surface area contributed by atoms with Crippen molar-refractivity contribution < 1.29 is 5.11 Å². The van der Waals surface area contributed by atoms with Gasteiger partial charge in [0.1, 0.15) is 0 Å². The van der Waals surface area contributed by atoms with Gasteiger partial charge in [0.05, 0.1) is 13.2 Å². The van der Waals surface area contributed by atoms with Crippen molar-refractivity contribution in [2.45, 2.75) is 0 Å². The molecule has 0 saturated heterocycles. The van der Waals surface area contributed by atoms with Gasteiger partial charge in [0.15, 0.2) is 5.17 Å². The summed E-state index contributed by atoms with van der Waals surface area (Å²) in [7, 11) is 0. The van der Waals surface area contributed by atoms with Gasteiger partial charge in [-0.2, -0.15) is 0 Å². The molecule has 1 heterocycles. The fourth-order valence-corrected chi connectivity index (χ4v) is 1.29. The minimum absolute atomic E-state index is 0. The van der Waals surface area contributed by atoms with Crippen LogP contribution in [0, 0.1) is 0 Å². The lowest BCUT2D eigenvalue weighted by atomic mass is 10.7. The minimum atomic E-state index is 0. The molecule has 2 N–H and O–H groups in total. The number of hydrogen-bond acceptors (Lipinski definition) is 4. The predicted molar refractivity (Wildman–Crippen MR) is 47.1 cm³/mol. The largest absolute Gasteiger partial charge is 0.396 e. The Balaban J connectivity index is 0.000000810. The lowest BCUT2D eigenvalue weighted by Gasteiger charge is -1.96. The molecule has 0 fully saturated rings. The molecule has 0 aliphatic carbocycles. The van der Waals surface area contributed by atoms with Gasteiger partial charge >= 0.3 is 0 Å². The smallest absolute Gasteiger partial charge is 0.156 e. The second-order valence-corrected chi connectivity index (χ2v) is 2.77. The lowest BCUT2D eigenvalue weighted by molar-refractivity contribution is 0.323. The van der Waals surface area contributed by atoms with Gasteiger partial charge < -0.3 is 10.4 Å². The number of aliphatic imine (C=N–C) groups is 1. The van der Waals surface area contributed by atoms with Crippen molar-refractivity contribution in [1.82, 2.24) is 5.32 Å². The van der Waals surface area contributed by atoms with E-state index in [1.807, 2.05) is 0 Å². The lowest BCUT2D eigenvalue weighted by Crippen LogP contribution is -2.15. The summed E-state index contributed by atoms with van der Waals surface area (Å²) >= 11 is 1.57. The van der Waals surface area contributed by atoms with Crippen LogP contribution in [0.5, 0.6) is 0 Å². The molecule has 10 heavy (non-hydrogen) atoms. The summed E-state index contributed by atoms with van der Waals surface area (Å²) in [5.41, 5.74) is 0. The second kappa shape index (κ2) is 5.82. The zero-order valence-corrected chi connectivity index (χ0v) is 7.17. The number of nitrogens with one attached hydrogen (secondary N) is 1. The number of amidine groups is 1. The first-order valence-corrected chi connectivity index (χ1v) is 3.94. The zero-order chi connectivity index (χ0) is 6.53. The summed E-state index contributed by atoms with van der Waals surface area (Å²) in [5.74, 6) is 0.742. The van der Waals surface area contributed by atoms with Gasteiger partial charge in [0, 0.05) is 12.3 Å². The predicted octanol–water partition coefficient (Wildman–Crippen LogP) is 0.0929. The third-order valence-electron chi connectivity index (χ3n) is 0.974. The van der Waals surface area contributed by atoms with Crippen molar-refractivity contribution in [3.05, 3.63) is 0 Å². The Kier molecular flexibility index (Phi) is 5.87. The summed E-state index contributed by atoms with van der Waals surface area (Å²) in [6.07, 6.45) is 0. The number of rotatable bonds is 2. The highest BCUT2D eigenvalue weighted by atomic mass is 35.5. The molecular weight excluding hydrogens is 172 g/mol. The quantitative estimate of drug-likeness (QED) is 0.637. The summed E-state index contributed by atoms with van der Waals surface area (Å²) < 4.78 is 0. The van der Waals surface area contributed by atoms with Gasteiger partial charge in [-0.3, -0.25) is 4.99 Å². The van der Waals surface area contributed by atoms with Crippen LogP contribution in [0.2, 0.25) is 0 Å². The highest BCUT2D eigenvalue weighted by Crippen LogP contribution is 2.03. The first kappa shape index (κ1) is 10.1. The molecule has 0 amide bonds. The molecule has 0 atom stereocenters. The molecule has 0 spiro atoms. The van der Waals surface area contributed by atoms with E-state index in [-0.39, 0.29) is 19.0 Å². The van der Waals surface area contributed by atoms with Crippen LogP contribution in [0.4, 0.5) is 0 Å². The summed E-state index contributed by atoms with van der Waals surface area (Å²) in [4.78, 5) is 4.13. The van der Waals surface area contributed by atoms with E-state index in [2.05, 4.69) is 10.3 Å². The molecule has 0 unspecified atom stereocenters. The number of aliphatic hydroxyl groups is 1. The Bertz CT molecular complexity index is 120. The minimum Gasteiger partial charge on any atom is -0.396 e. The summed E-state index contributed by atoms with van der Waals surface area (Å²) in [6, 6.07) is 0. The van der Waals surface area contributed by atoms with Gasteiger partial charge in [-0.25, -0.2) is 0 Å². The molecule has 1 aliphatic heterocycles.